The maximum Gasteiger partial charge on any atom is 0.340 e. The van der Waals surface area contributed by atoms with E-state index in [0.717, 1.165) is 0 Å². The molecule has 2 N–H and O–H groups in total. The molecule has 0 unspecified atom stereocenters. The lowest BCUT2D eigenvalue weighted by atomic mass is 10.1. The largest absolute Gasteiger partial charge is 0.497 e. The summed E-state index contributed by atoms with van der Waals surface area (Å²) in [7, 11) is 2.72. The van der Waals surface area contributed by atoms with Crippen molar-refractivity contribution >= 4 is 45.1 Å². The number of benzene rings is 2. The van der Waals surface area contributed by atoms with Crippen LogP contribution < -0.4 is 15.4 Å². The Labute approximate surface area is 180 Å². The van der Waals surface area contributed by atoms with Crippen LogP contribution in [0, 0.1) is 0 Å². The van der Waals surface area contributed by atoms with E-state index in [1.54, 1.807) is 36.4 Å². The van der Waals surface area contributed by atoms with Gasteiger partial charge in [-0.2, -0.15) is 0 Å². The quantitative estimate of drug-likeness (QED) is 0.516. The second-order valence-corrected chi connectivity index (χ2v) is 6.78. The fraction of sp³-hybridized carbons (Fsp3) is 0.0952. The first-order valence-electron chi connectivity index (χ1n) is 8.65. The standard InChI is InChI=1S/C21H17BrN2O6/c1-28-14-6-7-16(15(11-14)21(27)29-2)24-19(25)12-4-3-5-13(10-12)23-20(26)17-8-9-18(22)30-17/h3-11H,1-2H3,(H,23,26)(H,24,25). The van der Waals surface area contributed by atoms with Gasteiger partial charge < -0.3 is 24.5 Å². The van der Waals surface area contributed by atoms with Gasteiger partial charge in [0.2, 0.25) is 0 Å². The van der Waals surface area contributed by atoms with E-state index in [1.165, 1.54) is 32.4 Å². The number of carbonyl (C=O) groups is 3. The average Bonchev–Trinajstić information content (AvgIpc) is 3.20. The highest BCUT2D eigenvalue weighted by Crippen LogP contribution is 2.24. The Morgan fingerprint density at radius 1 is 0.933 bits per heavy atom. The first-order chi connectivity index (χ1) is 14.4. The fourth-order valence-corrected chi connectivity index (χ4v) is 2.91. The van der Waals surface area contributed by atoms with E-state index in [2.05, 4.69) is 26.6 Å². The van der Waals surface area contributed by atoms with Crippen molar-refractivity contribution < 1.29 is 28.3 Å². The van der Waals surface area contributed by atoms with Crippen LogP contribution in [0.2, 0.25) is 0 Å². The van der Waals surface area contributed by atoms with E-state index in [1.807, 2.05) is 0 Å². The summed E-state index contributed by atoms with van der Waals surface area (Å²) in [5, 5.41) is 5.34. The molecule has 8 nitrogen and oxygen atoms in total. The van der Waals surface area contributed by atoms with Crippen LogP contribution in [0.15, 0.2) is 63.7 Å². The lowest BCUT2D eigenvalue weighted by molar-refractivity contribution is 0.0601. The minimum Gasteiger partial charge on any atom is -0.497 e. The van der Waals surface area contributed by atoms with Crippen LogP contribution in [0.5, 0.6) is 5.75 Å². The van der Waals surface area contributed by atoms with Crippen LogP contribution in [0.4, 0.5) is 11.4 Å². The molecule has 0 spiro atoms. The minimum absolute atomic E-state index is 0.123. The summed E-state index contributed by atoms with van der Waals surface area (Å²) in [6.07, 6.45) is 0. The van der Waals surface area contributed by atoms with E-state index >= 15 is 0 Å². The summed E-state index contributed by atoms with van der Waals surface area (Å²) in [4.78, 5) is 37.0. The third-order valence-electron chi connectivity index (χ3n) is 4.06. The molecular formula is C21H17BrN2O6. The Balaban J connectivity index is 1.79. The van der Waals surface area contributed by atoms with Crippen LogP contribution >= 0.6 is 15.9 Å². The minimum atomic E-state index is -0.616. The zero-order valence-corrected chi connectivity index (χ0v) is 17.6. The van der Waals surface area contributed by atoms with Gasteiger partial charge in [-0.15, -0.1) is 0 Å². The predicted molar refractivity (Wildman–Crippen MR) is 113 cm³/mol. The van der Waals surface area contributed by atoms with Gasteiger partial charge in [-0.1, -0.05) is 6.07 Å². The molecule has 0 fully saturated rings. The molecule has 3 aromatic rings. The van der Waals surface area contributed by atoms with Crippen molar-refractivity contribution in [1.82, 2.24) is 0 Å². The molecule has 1 aromatic heterocycles. The molecule has 0 radical (unpaired) electrons. The number of hydrogen-bond donors (Lipinski definition) is 2. The molecular weight excluding hydrogens is 456 g/mol. The van der Waals surface area contributed by atoms with E-state index < -0.39 is 17.8 Å². The van der Waals surface area contributed by atoms with E-state index in [4.69, 9.17) is 13.9 Å². The Kier molecular flexibility index (Phi) is 6.53. The number of nitrogens with one attached hydrogen (secondary N) is 2. The predicted octanol–water partition coefficient (Wildman–Crippen LogP) is 4.34. The summed E-state index contributed by atoms with van der Waals surface area (Å²) in [6.45, 7) is 0. The zero-order chi connectivity index (χ0) is 21.7. The van der Waals surface area contributed by atoms with Crippen molar-refractivity contribution in [3.63, 3.8) is 0 Å². The highest BCUT2D eigenvalue weighted by Gasteiger charge is 2.17. The third kappa shape index (κ3) is 4.87. The maximum atomic E-state index is 12.7. The van der Waals surface area contributed by atoms with E-state index in [9.17, 15) is 14.4 Å². The number of amides is 2. The molecule has 0 saturated carbocycles. The molecule has 0 aliphatic rings. The number of methoxy groups -OCH3 is 2. The molecule has 0 atom stereocenters. The summed E-state index contributed by atoms with van der Waals surface area (Å²) in [5.74, 6) is -0.973. The Morgan fingerprint density at radius 2 is 1.73 bits per heavy atom. The number of esters is 1. The van der Waals surface area contributed by atoms with Crippen LogP contribution in [0.25, 0.3) is 0 Å². The fourth-order valence-electron chi connectivity index (χ4n) is 2.60. The van der Waals surface area contributed by atoms with Crippen molar-refractivity contribution in [1.29, 1.82) is 0 Å². The van der Waals surface area contributed by atoms with Gasteiger partial charge in [-0.3, -0.25) is 9.59 Å². The molecule has 154 valence electrons. The normalized spacial score (nSPS) is 10.2. The number of furan rings is 1. The van der Waals surface area contributed by atoms with Gasteiger partial charge in [0.25, 0.3) is 11.8 Å². The number of ether oxygens (including phenoxy) is 2. The van der Waals surface area contributed by atoms with Gasteiger partial charge in [0.1, 0.15) is 5.75 Å². The van der Waals surface area contributed by atoms with Gasteiger partial charge >= 0.3 is 5.97 Å². The lowest BCUT2D eigenvalue weighted by Crippen LogP contribution is -2.16. The van der Waals surface area contributed by atoms with Gasteiger partial charge in [0, 0.05) is 11.3 Å². The Bertz CT molecular complexity index is 1110. The van der Waals surface area contributed by atoms with E-state index in [-0.39, 0.29) is 22.6 Å². The summed E-state index contributed by atoms with van der Waals surface area (Å²) in [5.41, 5.74) is 1.10. The van der Waals surface area contributed by atoms with Crippen LogP contribution in [-0.4, -0.2) is 32.0 Å². The SMILES string of the molecule is COC(=O)c1cc(OC)ccc1NC(=O)c1cccc(NC(=O)c2ccc(Br)o2)c1. The molecule has 9 heteroatoms. The Hall–Kier alpha value is -3.59. The second-order valence-electron chi connectivity index (χ2n) is 6.00. The van der Waals surface area contributed by atoms with Gasteiger partial charge in [-0.05, 0) is 64.5 Å². The average molecular weight is 473 g/mol. The van der Waals surface area contributed by atoms with Crippen LogP contribution in [0.3, 0.4) is 0 Å². The maximum absolute atomic E-state index is 12.7. The summed E-state index contributed by atoms with van der Waals surface area (Å²) in [6, 6.07) is 14.1. The summed E-state index contributed by atoms with van der Waals surface area (Å²) >= 11 is 3.14. The van der Waals surface area contributed by atoms with Gasteiger partial charge in [0.15, 0.2) is 10.4 Å². The molecule has 1 heterocycles. The van der Waals surface area contributed by atoms with Crippen LogP contribution in [-0.2, 0) is 4.74 Å². The highest BCUT2D eigenvalue weighted by atomic mass is 79.9. The smallest absolute Gasteiger partial charge is 0.340 e. The molecule has 0 bridgehead atoms. The first kappa shape index (κ1) is 21.1. The monoisotopic (exact) mass is 472 g/mol. The zero-order valence-electron chi connectivity index (χ0n) is 16.0. The van der Waals surface area contributed by atoms with E-state index in [0.29, 0.717) is 16.1 Å². The second kappa shape index (κ2) is 9.27. The molecule has 0 saturated heterocycles. The van der Waals surface area contributed by atoms with Crippen molar-refractivity contribution in [3.8, 4) is 5.75 Å². The number of hydrogen-bond acceptors (Lipinski definition) is 6. The van der Waals surface area contributed by atoms with Crippen molar-refractivity contribution in [2.45, 2.75) is 0 Å². The van der Waals surface area contributed by atoms with Gasteiger partial charge in [0.05, 0.1) is 25.5 Å². The molecule has 3 rings (SSSR count). The van der Waals surface area contributed by atoms with Crippen molar-refractivity contribution in [2.75, 3.05) is 24.9 Å². The van der Waals surface area contributed by atoms with Crippen LogP contribution in [0.1, 0.15) is 31.3 Å². The lowest BCUT2D eigenvalue weighted by Gasteiger charge is -2.12. The van der Waals surface area contributed by atoms with Crippen molar-refractivity contribution in [3.05, 3.63) is 76.2 Å². The Morgan fingerprint density at radius 3 is 2.40 bits per heavy atom. The number of halogens is 1. The summed E-state index contributed by atoms with van der Waals surface area (Å²) < 4.78 is 15.5. The molecule has 0 aliphatic heterocycles. The number of carbonyl (C=O) groups excluding carboxylic acids is 3. The first-order valence-corrected chi connectivity index (χ1v) is 9.45. The third-order valence-corrected chi connectivity index (χ3v) is 4.49. The van der Waals surface area contributed by atoms with Gasteiger partial charge in [-0.25, -0.2) is 4.79 Å². The molecule has 0 aliphatic carbocycles. The highest BCUT2D eigenvalue weighted by molar-refractivity contribution is 9.10. The molecule has 30 heavy (non-hydrogen) atoms. The number of rotatable bonds is 6. The molecule has 2 amide bonds. The van der Waals surface area contributed by atoms with Crippen molar-refractivity contribution in [2.24, 2.45) is 0 Å². The topological polar surface area (TPSA) is 107 Å². The molecule has 2 aromatic carbocycles. The number of anilines is 2.